The molecule has 2 atom stereocenters. The quantitative estimate of drug-likeness (QED) is 0.752. The van der Waals surface area contributed by atoms with Gasteiger partial charge in [-0.05, 0) is 54.2 Å². The van der Waals surface area contributed by atoms with E-state index in [1.165, 1.54) is 17.5 Å². The van der Waals surface area contributed by atoms with Crippen LogP contribution in [0.2, 0.25) is 0 Å². The Bertz CT molecular complexity index is 507. The smallest absolute Gasteiger partial charge is 0.356 e. The molecule has 0 saturated heterocycles. The fraction of sp³-hybridized carbons (Fsp3) is 0.600. The van der Waals surface area contributed by atoms with Gasteiger partial charge in [0.1, 0.15) is 5.69 Å². The van der Waals surface area contributed by atoms with Crippen LogP contribution in [0.5, 0.6) is 0 Å². The monoisotopic (exact) mass is 245 g/mol. The summed E-state index contributed by atoms with van der Waals surface area (Å²) in [6.07, 6.45) is 4.25. The molecule has 1 aromatic rings. The summed E-state index contributed by atoms with van der Waals surface area (Å²) in [5.41, 5.74) is 3.50. The van der Waals surface area contributed by atoms with Gasteiger partial charge in [0.25, 0.3) is 0 Å². The minimum Gasteiger partial charge on any atom is -0.461 e. The third kappa shape index (κ3) is 1.49. The summed E-state index contributed by atoms with van der Waals surface area (Å²) >= 11 is 0. The molecule has 4 rings (SSSR count). The number of hydrogen-bond acceptors (Lipinski definition) is 3. The van der Waals surface area contributed by atoms with E-state index in [0.29, 0.717) is 23.6 Å². The molecule has 3 aliphatic carbocycles. The van der Waals surface area contributed by atoms with Crippen molar-refractivity contribution in [2.45, 2.75) is 39.5 Å². The highest BCUT2D eigenvalue weighted by molar-refractivity contribution is 5.87. The average Bonchev–Trinajstić information content (AvgIpc) is 2.37. The van der Waals surface area contributed by atoms with Gasteiger partial charge in [0.2, 0.25) is 0 Å². The largest absolute Gasteiger partial charge is 0.461 e. The zero-order chi connectivity index (χ0) is 12.9. The molecule has 3 heteroatoms. The molecule has 3 aliphatic rings. The number of carbonyl (C=O) groups is 1. The number of hydrogen-bond donors (Lipinski definition) is 0. The van der Waals surface area contributed by atoms with Crippen LogP contribution in [-0.4, -0.2) is 17.6 Å². The van der Waals surface area contributed by atoms with Crippen LogP contribution in [0.25, 0.3) is 0 Å². The highest BCUT2D eigenvalue weighted by Crippen LogP contribution is 2.61. The highest BCUT2D eigenvalue weighted by Gasteiger charge is 2.52. The SMILES string of the molecule is CCOC(=O)c1cc2c(cn1)[C@@H]1C[C@H](C2)C1(C)C. The number of aromatic nitrogens is 1. The van der Waals surface area contributed by atoms with Gasteiger partial charge in [0.05, 0.1) is 6.61 Å². The van der Waals surface area contributed by atoms with Crippen LogP contribution in [0.1, 0.15) is 54.7 Å². The first-order valence-electron chi connectivity index (χ1n) is 6.70. The maximum Gasteiger partial charge on any atom is 0.356 e. The second-order valence-corrected chi connectivity index (χ2v) is 6.00. The Labute approximate surface area is 108 Å². The van der Waals surface area contributed by atoms with E-state index in [0.717, 1.165) is 12.3 Å². The van der Waals surface area contributed by atoms with Crippen molar-refractivity contribution < 1.29 is 9.53 Å². The molecular weight excluding hydrogens is 226 g/mol. The molecule has 96 valence electrons. The predicted octanol–water partition coefficient (Wildman–Crippen LogP) is 2.94. The lowest BCUT2D eigenvalue weighted by Crippen LogP contribution is -2.48. The van der Waals surface area contributed by atoms with Crippen LogP contribution < -0.4 is 0 Å². The van der Waals surface area contributed by atoms with E-state index >= 15 is 0 Å². The second-order valence-electron chi connectivity index (χ2n) is 6.00. The summed E-state index contributed by atoms with van der Waals surface area (Å²) in [5.74, 6) is 1.07. The fourth-order valence-corrected chi connectivity index (χ4v) is 3.47. The van der Waals surface area contributed by atoms with Gasteiger partial charge in [-0.3, -0.25) is 0 Å². The molecule has 0 amide bonds. The van der Waals surface area contributed by atoms with Gasteiger partial charge in [-0.1, -0.05) is 13.8 Å². The third-order valence-electron chi connectivity index (χ3n) is 4.82. The molecule has 0 aromatic carbocycles. The topological polar surface area (TPSA) is 39.2 Å². The van der Waals surface area contributed by atoms with Crippen molar-refractivity contribution in [1.29, 1.82) is 0 Å². The number of ether oxygens (including phenoxy) is 1. The van der Waals surface area contributed by atoms with E-state index in [9.17, 15) is 4.79 Å². The standard InChI is InChI=1S/C15H19NO2/c1-4-18-14(17)13-6-9-5-10-7-12(15(10,2)3)11(9)8-16-13/h6,8,10,12H,4-5,7H2,1-3H3/t10-,12-/m0/s1. The van der Waals surface area contributed by atoms with Crippen molar-refractivity contribution in [3.05, 3.63) is 29.1 Å². The van der Waals surface area contributed by atoms with Crippen molar-refractivity contribution in [2.24, 2.45) is 11.3 Å². The van der Waals surface area contributed by atoms with Gasteiger partial charge in [0.15, 0.2) is 0 Å². The Morgan fingerprint density at radius 3 is 3.00 bits per heavy atom. The second kappa shape index (κ2) is 3.81. The normalized spacial score (nSPS) is 27.1. The summed E-state index contributed by atoms with van der Waals surface area (Å²) in [4.78, 5) is 15.9. The van der Waals surface area contributed by atoms with E-state index in [-0.39, 0.29) is 5.97 Å². The number of nitrogens with zero attached hydrogens (tertiary/aromatic N) is 1. The molecule has 0 aliphatic heterocycles. The van der Waals surface area contributed by atoms with E-state index in [1.54, 1.807) is 0 Å². The molecule has 0 unspecified atom stereocenters. The van der Waals surface area contributed by atoms with Crippen LogP contribution in [0.3, 0.4) is 0 Å². The maximum atomic E-state index is 11.7. The Hall–Kier alpha value is -1.38. The van der Waals surface area contributed by atoms with Gasteiger partial charge in [-0.15, -0.1) is 0 Å². The van der Waals surface area contributed by atoms with Crippen molar-refractivity contribution in [2.75, 3.05) is 6.61 Å². The molecule has 1 saturated carbocycles. The summed E-state index contributed by atoms with van der Waals surface area (Å²) < 4.78 is 5.00. The number of rotatable bonds is 2. The molecule has 2 bridgehead atoms. The molecule has 3 nitrogen and oxygen atoms in total. The van der Waals surface area contributed by atoms with Crippen LogP contribution in [0, 0.1) is 11.3 Å². The minimum absolute atomic E-state index is 0.307. The van der Waals surface area contributed by atoms with Crippen LogP contribution in [-0.2, 0) is 11.2 Å². The molecule has 18 heavy (non-hydrogen) atoms. The highest BCUT2D eigenvalue weighted by atomic mass is 16.5. The predicted molar refractivity (Wildman–Crippen MR) is 68.5 cm³/mol. The lowest BCUT2D eigenvalue weighted by Gasteiger charge is -2.57. The first-order valence-corrected chi connectivity index (χ1v) is 6.70. The van der Waals surface area contributed by atoms with Gasteiger partial charge in [-0.25, -0.2) is 9.78 Å². The summed E-state index contributed by atoms with van der Waals surface area (Å²) in [6.45, 7) is 6.89. The van der Waals surface area contributed by atoms with E-state index < -0.39 is 0 Å². The summed E-state index contributed by atoms with van der Waals surface area (Å²) in [5, 5.41) is 0. The zero-order valence-corrected chi connectivity index (χ0v) is 11.2. The molecular formula is C15H19NO2. The van der Waals surface area contributed by atoms with Gasteiger partial charge >= 0.3 is 5.97 Å². The van der Waals surface area contributed by atoms with E-state index in [2.05, 4.69) is 18.8 Å². The van der Waals surface area contributed by atoms with Crippen LogP contribution in [0.15, 0.2) is 12.3 Å². The Morgan fingerprint density at radius 2 is 2.33 bits per heavy atom. The number of carbonyl (C=O) groups excluding carboxylic acids is 1. The first kappa shape index (κ1) is 11.7. The zero-order valence-electron chi connectivity index (χ0n) is 11.2. The summed E-state index contributed by atoms with van der Waals surface area (Å²) in [6, 6.07) is 1.93. The Balaban J connectivity index is 1.93. The minimum atomic E-state index is -0.307. The van der Waals surface area contributed by atoms with Crippen molar-refractivity contribution in [1.82, 2.24) is 4.98 Å². The fourth-order valence-electron chi connectivity index (χ4n) is 3.47. The van der Waals surface area contributed by atoms with Gasteiger partial charge in [0, 0.05) is 6.20 Å². The van der Waals surface area contributed by atoms with Crippen LogP contribution >= 0.6 is 0 Å². The van der Waals surface area contributed by atoms with Gasteiger partial charge in [-0.2, -0.15) is 0 Å². The van der Waals surface area contributed by atoms with Crippen molar-refractivity contribution >= 4 is 5.97 Å². The maximum absolute atomic E-state index is 11.7. The molecule has 1 aromatic heterocycles. The number of esters is 1. The first-order chi connectivity index (χ1) is 8.54. The molecule has 1 fully saturated rings. The van der Waals surface area contributed by atoms with E-state index in [1.807, 2.05) is 19.2 Å². The lowest BCUT2D eigenvalue weighted by molar-refractivity contribution is 0.0181. The summed E-state index contributed by atoms with van der Waals surface area (Å²) in [7, 11) is 0. The average molecular weight is 245 g/mol. The third-order valence-corrected chi connectivity index (χ3v) is 4.82. The molecule has 0 spiro atoms. The van der Waals surface area contributed by atoms with E-state index in [4.69, 9.17) is 4.74 Å². The Kier molecular flexibility index (Phi) is 2.47. The van der Waals surface area contributed by atoms with Crippen molar-refractivity contribution in [3.63, 3.8) is 0 Å². The van der Waals surface area contributed by atoms with Crippen molar-refractivity contribution in [3.8, 4) is 0 Å². The molecule has 1 heterocycles. The molecule has 0 radical (unpaired) electrons. The Morgan fingerprint density at radius 1 is 1.56 bits per heavy atom. The molecule has 0 N–H and O–H groups in total. The lowest BCUT2D eigenvalue weighted by atomic mass is 9.48. The number of pyridine rings is 1. The van der Waals surface area contributed by atoms with Gasteiger partial charge < -0.3 is 4.74 Å². The van der Waals surface area contributed by atoms with Crippen LogP contribution in [0.4, 0.5) is 0 Å².